The second-order valence-corrected chi connectivity index (χ2v) is 3.97. The van der Waals surface area contributed by atoms with Gasteiger partial charge in [-0.3, -0.25) is 4.79 Å². The van der Waals surface area contributed by atoms with Crippen molar-refractivity contribution in [1.82, 2.24) is 15.3 Å². The highest BCUT2D eigenvalue weighted by Crippen LogP contribution is 2.20. The van der Waals surface area contributed by atoms with Gasteiger partial charge in [-0.15, -0.1) is 0 Å². The van der Waals surface area contributed by atoms with Gasteiger partial charge in [-0.05, 0) is 19.1 Å². The molecule has 0 aliphatic rings. The van der Waals surface area contributed by atoms with Crippen LogP contribution in [-0.2, 0) is 0 Å². The molecule has 1 aromatic heterocycles. The lowest BCUT2D eigenvalue weighted by atomic mass is 10.1. The lowest BCUT2D eigenvalue weighted by Crippen LogP contribution is -2.25. The fourth-order valence-electron chi connectivity index (χ4n) is 1.65. The summed E-state index contributed by atoms with van der Waals surface area (Å²) in [5, 5.41) is 2.65. The molecule has 0 spiro atoms. The van der Waals surface area contributed by atoms with Gasteiger partial charge < -0.3 is 16.8 Å². The van der Waals surface area contributed by atoms with E-state index in [0.29, 0.717) is 17.9 Å². The monoisotopic (exact) mass is 257 g/mol. The van der Waals surface area contributed by atoms with Gasteiger partial charge in [-0.1, -0.05) is 12.1 Å². The van der Waals surface area contributed by atoms with Gasteiger partial charge in [0.2, 0.25) is 0 Å². The third kappa shape index (κ3) is 2.79. The smallest absolute Gasteiger partial charge is 0.273 e. The minimum absolute atomic E-state index is 0.110. The number of nitrogens with one attached hydrogen (secondary N) is 1. The van der Waals surface area contributed by atoms with Crippen molar-refractivity contribution in [1.29, 1.82) is 0 Å². The molecule has 6 nitrogen and oxygen atoms in total. The molecule has 0 aliphatic carbocycles. The highest BCUT2D eigenvalue weighted by molar-refractivity contribution is 5.96. The topological polar surface area (TPSA) is 107 Å². The van der Waals surface area contributed by atoms with Crippen molar-refractivity contribution in [3.05, 3.63) is 36.2 Å². The van der Waals surface area contributed by atoms with Crippen LogP contribution in [-0.4, -0.2) is 22.4 Å². The van der Waals surface area contributed by atoms with Gasteiger partial charge in [0, 0.05) is 17.8 Å². The maximum Gasteiger partial charge on any atom is 0.273 e. The Hall–Kier alpha value is -2.63. The first-order valence-corrected chi connectivity index (χ1v) is 5.88. The van der Waals surface area contributed by atoms with Crippen LogP contribution in [0, 0.1) is 0 Å². The molecule has 0 saturated carbocycles. The van der Waals surface area contributed by atoms with E-state index in [-0.39, 0.29) is 17.4 Å². The third-order valence-corrected chi connectivity index (χ3v) is 2.54. The van der Waals surface area contributed by atoms with Crippen LogP contribution in [0.2, 0.25) is 0 Å². The number of rotatable bonds is 3. The van der Waals surface area contributed by atoms with Crippen LogP contribution in [0.25, 0.3) is 11.3 Å². The minimum atomic E-state index is -0.335. The Morgan fingerprint density at radius 1 is 1.37 bits per heavy atom. The number of nitrogens with two attached hydrogens (primary N) is 2. The predicted octanol–water partition coefficient (Wildman–Crippen LogP) is 1.06. The summed E-state index contributed by atoms with van der Waals surface area (Å²) in [4.78, 5) is 20.0. The normalized spacial score (nSPS) is 10.2. The van der Waals surface area contributed by atoms with E-state index in [9.17, 15) is 4.79 Å². The summed E-state index contributed by atoms with van der Waals surface area (Å²) < 4.78 is 0. The Kier molecular flexibility index (Phi) is 3.61. The molecule has 5 N–H and O–H groups in total. The first-order chi connectivity index (χ1) is 9.11. The summed E-state index contributed by atoms with van der Waals surface area (Å²) >= 11 is 0. The molecular weight excluding hydrogens is 242 g/mol. The third-order valence-electron chi connectivity index (χ3n) is 2.54. The van der Waals surface area contributed by atoms with Crippen LogP contribution < -0.4 is 16.8 Å². The molecule has 0 radical (unpaired) electrons. The zero-order chi connectivity index (χ0) is 13.8. The number of carbonyl (C=O) groups excluding carboxylic acids is 1. The van der Waals surface area contributed by atoms with E-state index in [1.54, 1.807) is 12.1 Å². The molecule has 0 bridgehead atoms. The molecule has 1 aromatic carbocycles. The molecule has 0 aliphatic heterocycles. The molecule has 6 heteroatoms. The summed E-state index contributed by atoms with van der Waals surface area (Å²) in [6.45, 7) is 2.33. The SMILES string of the molecule is CCNC(=O)c1nc(-c2cccc(N)c2)cnc1N. The molecule has 0 fully saturated rings. The number of amides is 1. The van der Waals surface area contributed by atoms with Crippen LogP contribution in [0.4, 0.5) is 11.5 Å². The van der Waals surface area contributed by atoms with Crippen molar-refractivity contribution in [3.8, 4) is 11.3 Å². The highest BCUT2D eigenvalue weighted by Gasteiger charge is 2.13. The van der Waals surface area contributed by atoms with Gasteiger partial charge in [-0.25, -0.2) is 9.97 Å². The number of anilines is 2. The number of hydrogen-bond acceptors (Lipinski definition) is 5. The van der Waals surface area contributed by atoms with Crippen molar-refractivity contribution in [2.75, 3.05) is 18.0 Å². The molecule has 0 atom stereocenters. The summed E-state index contributed by atoms with van der Waals surface area (Å²) in [5.74, 6) is -0.225. The van der Waals surface area contributed by atoms with Gasteiger partial charge in [0.1, 0.15) is 0 Å². The number of nitrogen functional groups attached to an aromatic ring is 2. The van der Waals surface area contributed by atoms with Crippen molar-refractivity contribution in [3.63, 3.8) is 0 Å². The molecular formula is C13H15N5O. The van der Waals surface area contributed by atoms with Crippen molar-refractivity contribution < 1.29 is 4.79 Å². The van der Waals surface area contributed by atoms with E-state index >= 15 is 0 Å². The summed E-state index contributed by atoms with van der Waals surface area (Å²) in [6.07, 6.45) is 1.52. The van der Waals surface area contributed by atoms with Gasteiger partial charge >= 0.3 is 0 Å². The maximum absolute atomic E-state index is 11.8. The molecule has 1 amide bonds. The van der Waals surface area contributed by atoms with E-state index in [0.717, 1.165) is 5.56 Å². The standard InChI is InChI=1S/C13H15N5O/c1-2-16-13(19)11-12(15)17-7-10(18-11)8-4-3-5-9(14)6-8/h3-7H,2,14H2,1H3,(H2,15,17)(H,16,19). The number of aromatic nitrogens is 2. The van der Waals surface area contributed by atoms with E-state index in [1.165, 1.54) is 6.20 Å². The molecule has 98 valence electrons. The Bertz CT molecular complexity index is 612. The van der Waals surface area contributed by atoms with Crippen LogP contribution in [0.15, 0.2) is 30.5 Å². The first kappa shape index (κ1) is 12.8. The van der Waals surface area contributed by atoms with Crippen molar-refractivity contribution in [2.45, 2.75) is 6.92 Å². The summed E-state index contributed by atoms with van der Waals surface area (Å²) in [6, 6.07) is 7.20. The Morgan fingerprint density at radius 2 is 2.16 bits per heavy atom. The minimum Gasteiger partial charge on any atom is -0.399 e. The molecule has 2 aromatic rings. The maximum atomic E-state index is 11.8. The number of nitrogens with zero attached hydrogens (tertiary/aromatic N) is 2. The van der Waals surface area contributed by atoms with E-state index in [1.807, 2.05) is 19.1 Å². The van der Waals surface area contributed by atoms with E-state index in [4.69, 9.17) is 11.5 Å². The van der Waals surface area contributed by atoms with E-state index < -0.39 is 0 Å². The average Bonchev–Trinajstić information content (AvgIpc) is 2.39. The lowest BCUT2D eigenvalue weighted by Gasteiger charge is -2.07. The molecule has 2 rings (SSSR count). The zero-order valence-electron chi connectivity index (χ0n) is 10.6. The number of benzene rings is 1. The van der Waals surface area contributed by atoms with Crippen LogP contribution in [0.3, 0.4) is 0 Å². The predicted molar refractivity (Wildman–Crippen MR) is 74.3 cm³/mol. The molecule has 19 heavy (non-hydrogen) atoms. The van der Waals surface area contributed by atoms with Crippen LogP contribution in [0.5, 0.6) is 0 Å². The van der Waals surface area contributed by atoms with Gasteiger partial charge in [0.05, 0.1) is 11.9 Å². The summed E-state index contributed by atoms with van der Waals surface area (Å²) in [5.41, 5.74) is 13.5. The van der Waals surface area contributed by atoms with Gasteiger partial charge in [0.25, 0.3) is 5.91 Å². The van der Waals surface area contributed by atoms with Crippen LogP contribution in [0.1, 0.15) is 17.4 Å². The highest BCUT2D eigenvalue weighted by atomic mass is 16.1. The Labute approximate surface area is 110 Å². The van der Waals surface area contributed by atoms with E-state index in [2.05, 4.69) is 15.3 Å². The summed E-state index contributed by atoms with van der Waals surface area (Å²) in [7, 11) is 0. The largest absolute Gasteiger partial charge is 0.399 e. The number of hydrogen-bond donors (Lipinski definition) is 3. The fraction of sp³-hybridized carbons (Fsp3) is 0.154. The Morgan fingerprint density at radius 3 is 2.84 bits per heavy atom. The molecule has 0 unspecified atom stereocenters. The first-order valence-electron chi connectivity index (χ1n) is 5.88. The second kappa shape index (κ2) is 5.34. The van der Waals surface area contributed by atoms with Crippen molar-refractivity contribution in [2.24, 2.45) is 0 Å². The second-order valence-electron chi connectivity index (χ2n) is 3.97. The zero-order valence-corrected chi connectivity index (χ0v) is 10.6. The average molecular weight is 257 g/mol. The van der Waals surface area contributed by atoms with Crippen molar-refractivity contribution >= 4 is 17.4 Å². The van der Waals surface area contributed by atoms with Gasteiger partial charge in [-0.2, -0.15) is 0 Å². The lowest BCUT2D eigenvalue weighted by molar-refractivity contribution is 0.0951. The molecule has 0 saturated heterocycles. The quantitative estimate of drug-likeness (QED) is 0.713. The van der Waals surface area contributed by atoms with Crippen LogP contribution >= 0.6 is 0 Å². The number of carbonyl (C=O) groups is 1. The fourth-order valence-corrected chi connectivity index (χ4v) is 1.65. The van der Waals surface area contributed by atoms with Gasteiger partial charge in [0.15, 0.2) is 11.5 Å². The molecule has 1 heterocycles. The Balaban J connectivity index is 2.44.